The van der Waals surface area contributed by atoms with Crippen molar-refractivity contribution in [2.24, 2.45) is 0 Å². The molecule has 0 bridgehead atoms. The molecule has 0 radical (unpaired) electrons. The Bertz CT molecular complexity index is 119. The summed E-state index contributed by atoms with van der Waals surface area (Å²) < 4.78 is 4.60. The first kappa shape index (κ1) is 9.39. The van der Waals surface area contributed by atoms with Crippen LogP contribution in [0.3, 0.4) is 0 Å². The van der Waals surface area contributed by atoms with Gasteiger partial charge in [0.1, 0.15) is 0 Å². The maximum atomic E-state index is 10.2. The van der Waals surface area contributed by atoms with Crippen molar-refractivity contribution in [1.82, 2.24) is 0 Å². The minimum atomic E-state index is -2.03. The first-order valence-corrected chi connectivity index (χ1v) is 3.10. The number of aliphatic carboxylic acids is 1. The van der Waals surface area contributed by atoms with Crippen molar-refractivity contribution in [2.45, 2.75) is 26.1 Å². The number of rotatable bonds is 4. The molecular formula is C6H12O4. The molecule has 0 aliphatic carbocycles. The first-order chi connectivity index (χ1) is 4.50. The zero-order valence-corrected chi connectivity index (χ0v) is 6.13. The molecule has 60 valence electrons. The third-order valence-corrected chi connectivity index (χ3v) is 0.984. The highest BCUT2D eigenvalue weighted by Crippen LogP contribution is 2.05. The van der Waals surface area contributed by atoms with Crippen LogP contribution in [0.5, 0.6) is 0 Å². The quantitative estimate of drug-likeness (QED) is 0.559. The Kier molecular flexibility index (Phi) is 3.32. The van der Waals surface area contributed by atoms with Crippen molar-refractivity contribution in [2.75, 3.05) is 6.61 Å². The van der Waals surface area contributed by atoms with E-state index in [4.69, 9.17) is 10.2 Å². The molecule has 0 aromatic rings. The molecule has 0 amide bonds. The monoisotopic (exact) mass is 148 g/mol. The second-order valence-corrected chi connectivity index (χ2v) is 2.14. The molecule has 0 aliphatic rings. The van der Waals surface area contributed by atoms with Crippen LogP contribution >= 0.6 is 0 Å². The Balaban J connectivity index is 3.75. The second-order valence-electron chi connectivity index (χ2n) is 2.14. The Morgan fingerprint density at radius 1 is 1.70 bits per heavy atom. The minimum absolute atomic E-state index is 0.249. The van der Waals surface area contributed by atoms with Gasteiger partial charge in [-0.05, 0) is 6.42 Å². The lowest BCUT2D eigenvalue weighted by molar-refractivity contribution is -0.215. The molecule has 0 aromatic carbocycles. The number of carboxylic acids is 1. The van der Waals surface area contributed by atoms with Gasteiger partial charge in [-0.1, -0.05) is 6.92 Å². The number of ether oxygens (including phenoxy) is 1. The van der Waals surface area contributed by atoms with Gasteiger partial charge in [0.05, 0.1) is 6.61 Å². The topological polar surface area (TPSA) is 66.8 Å². The predicted octanol–water partition coefficient (Wildman–Crippen LogP) is 0.206. The standard InChI is InChI=1S/C6H12O4/c1-3-4-10-6(2,9)5(7)8/h9H,3-4H2,1-2H3,(H,7,8). The largest absolute Gasteiger partial charge is 0.477 e. The lowest BCUT2D eigenvalue weighted by Crippen LogP contribution is -2.38. The van der Waals surface area contributed by atoms with Crippen molar-refractivity contribution in [1.29, 1.82) is 0 Å². The second kappa shape index (κ2) is 3.53. The van der Waals surface area contributed by atoms with E-state index in [0.29, 0.717) is 6.42 Å². The van der Waals surface area contributed by atoms with Gasteiger partial charge in [-0.25, -0.2) is 4.79 Å². The molecule has 4 heteroatoms. The van der Waals surface area contributed by atoms with Crippen LogP contribution in [-0.4, -0.2) is 28.6 Å². The summed E-state index contributed by atoms with van der Waals surface area (Å²) in [6.07, 6.45) is 0.684. The van der Waals surface area contributed by atoms with E-state index in [9.17, 15) is 4.79 Å². The molecule has 0 heterocycles. The lowest BCUT2D eigenvalue weighted by atomic mass is 10.3. The van der Waals surface area contributed by atoms with Gasteiger partial charge in [0.15, 0.2) is 0 Å². The summed E-state index contributed by atoms with van der Waals surface area (Å²) in [5.74, 6) is -3.39. The van der Waals surface area contributed by atoms with Crippen LogP contribution in [-0.2, 0) is 9.53 Å². The van der Waals surface area contributed by atoms with Crippen molar-refractivity contribution in [3.8, 4) is 0 Å². The lowest BCUT2D eigenvalue weighted by Gasteiger charge is -2.17. The highest BCUT2D eigenvalue weighted by molar-refractivity contribution is 5.74. The Labute approximate surface area is 59.4 Å². The molecule has 0 aromatic heterocycles. The molecular weight excluding hydrogens is 136 g/mol. The summed E-state index contributed by atoms with van der Waals surface area (Å²) in [7, 11) is 0. The minimum Gasteiger partial charge on any atom is -0.477 e. The van der Waals surface area contributed by atoms with Gasteiger partial charge in [-0.15, -0.1) is 0 Å². The molecule has 0 saturated heterocycles. The molecule has 0 aliphatic heterocycles. The number of aliphatic hydroxyl groups is 1. The van der Waals surface area contributed by atoms with Crippen molar-refractivity contribution in [3.63, 3.8) is 0 Å². The Hall–Kier alpha value is -0.610. The molecule has 0 spiro atoms. The van der Waals surface area contributed by atoms with E-state index in [1.165, 1.54) is 0 Å². The SMILES string of the molecule is CCCOC(C)(O)C(=O)O. The van der Waals surface area contributed by atoms with Gasteiger partial charge in [0, 0.05) is 6.92 Å². The summed E-state index contributed by atoms with van der Waals surface area (Å²) in [6, 6.07) is 0. The molecule has 2 N–H and O–H groups in total. The Morgan fingerprint density at radius 3 is 2.50 bits per heavy atom. The van der Waals surface area contributed by atoms with Crippen LogP contribution in [0.4, 0.5) is 0 Å². The smallest absolute Gasteiger partial charge is 0.363 e. The van der Waals surface area contributed by atoms with Gasteiger partial charge >= 0.3 is 5.97 Å². The third kappa shape index (κ3) is 2.80. The van der Waals surface area contributed by atoms with Gasteiger partial charge in [0.25, 0.3) is 5.79 Å². The summed E-state index contributed by atoms with van der Waals surface area (Å²) in [5, 5.41) is 17.2. The van der Waals surface area contributed by atoms with Gasteiger partial charge in [0.2, 0.25) is 0 Å². The normalized spacial score (nSPS) is 16.3. The highest BCUT2D eigenvalue weighted by Gasteiger charge is 2.30. The fourth-order valence-corrected chi connectivity index (χ4v) is 0.363. The third-order valence-electron chi connectivity index (χ3n) is 0.984. The fourth-order valence-electron chi connectivity index (χ4n) is 0.363. The van der Waals surface area contributed by atoms with Crippen LogP contribution in [0, 0.1) is 0 Å². The van der Waals surface area contributed by atoms with E-state index < -0.39 is 11.8 Å². The van der Waals surface area contributed by atoms with Crippen molar-refractivity contribution in [3.05, 3.63) is 0 Å². The summed E-state index contributed by atoms with van der Waals surface area (Å²) in [4.78, 5) is 10.2. The molecule has 0 fully saturated rings. The molecule has 4 nitrogen and oxygen atoms in total. The summed E-state index contributed by atoms with van der Waals surface area (Å²) >= 11 is 0. The first-order valence-electron chi connectivity index (χ1n) is 3.10. The maximum Gasteiger partial charge on any atom is 0.363 e. The van der Waals surface area contributed by atoms with Crippen LogP contribution < -0.4 is 0 Å². The number of carboxylic acid groups (broad SMARTS) is 1. The average Bonchev–Trinajstić information content (AvgIpc) is 1.84. The predicted molar refractivity (Wildman–Crippen MR) is 34.5 cm³/mol. The van der Waals surface area contributed by atoms with Gasteiger partial charge in [-0.3, -0.25) is 0 Å². The van der Waals surface area contributed by atoms with E-state index in [0.717, 1.165) is 6.92 Å². The highest BCUT2D eigenvalue weighted by atomic mass is 16.6. The van der Waals surface area contributed by atoms with E-state index in [1.807, 2.05) is 6.92 Å². The van der Waals surface area contributed by atoms with Crippen molar-refractivity contribution >= 4 is 5.97 Å². The van der Waals surface area contributed by atoms with E-state index >= 15 is 0 Å². The number of hydrogen-bond acceptors (Lipinski definition) is 3. The van der Waals surface area contributed by atoms with Gasteiger partial charge < -0.3 is 14.9 Å². The zero-order chi connectivity index (χ0) is 8.20. The van der Waals surface area contributed by atoms with E-state index in [-0.39, 0.29) is 6.61 Å². The average molecular weight is 148 g/mol. The van der Waals surface area contributed by atoms with Gasteiger partial charge in [-0.2, -0.15) is 0 Å². The van der Waals surface area contributed by atoms with Crippen LogP contribution in [0.25, 0.3) is 0 Å². The number of carbonyl (C=O) groups is 1. The van der Waals surface area contributed by atoms with Crippen LogP contribution in [0.15, 0.2) is 0 Å². The Morgan fingerprint density at radius 2 is 2.20 bits per heavy atom. The van der Waals surface area contributed by atoms with E-state index in [2.05, 4.69) is 4.74 Å². The zero-order valence-electron chi connectivity index (χ0n) is 6.13. The molecule has 1 atom stereocenters. The summed E-state index contributed by atoms with van der Waals surface area (Å²) in [5.41, 5.74) is 0. The van der Waals surface area contributed by atoms with Crippen LogP contribution in [0.1, 0.15) is 20.3 Å². The molecule has 1 unspecified atom stereocenters. The van der Waals surface area contributed by atoms with Crippen molar-refractivity contribution < 1.29 is 19.7 Å². The van der Waals surface area contributed by atoms with E-state index in [1.54, 1.807) is 0 Å². The number of hydrogen-bond donors (Lipinski definition) is 2. The molecule has 0 rings (SSSR count). The molecule has 0 saturated carbocycles. The fraction of sp³-hybridized carbons (Fsp3) is 0.833. The summed E-state index contributed by atoms with van der Waals surface area (Å²) in [6.45, 7) is 3.18. The van der Waals surface area contributed by atoms with Crippen LogP contribution in [0.2, 0.25) is 0 Å². The molecule has 10 heavy (non-hydrogen) atoms. The maximum absolute atomic E-state index is 10.2.